The van der Waals surface area contributed by atoms with Crippen LogP contribution in [0.4, 0.5) is 4.39 Å². The van der Waals surface area contributed by atoms with E-state index in [1.165, 1.54) is 6.20 Å². The number of dihydropyridines is 1. The van der Waals surface area contributed by atoms with Gasteiger partial charge in [0, 0.05) is 6.20 Å². The van der Waals surface area contributed by atoms with Gasteiger partial charge in [0.05, 0.1) is 25.3 Å². The minimum absolute atomic E-state index is 0.0631. The van der Waals surface area contributed by atoms with Crippen molar-refractivity contribution in [1.29, 1.82) is 0 Å². The van der Waals surface area contributed by atoms with E-state index in [-0.39, 0.29) is 17.9 Å². The molecule has 2 aliphatic heterocycles. The smallest absolute Gasteiger partial charge is 0.190 e. The summed E-state index contributed by atoms with van der Waals surface area (Å²) in [6.07, 6.45) is 0.443. The number of halogens is 1. The molecule has 5 heteroatoms. The van der Waals surface area contributed by atoms with Crippen molar-refractivity contribution in [3.63, 3.8) is 0 Å². The molecule has 0 spiro atoms. The van der Waals surface area contributed by atoms with Crippen molar-refractivity contribution in [3.05, 3.63) is 23.4 Å². The fraction of sp³-hybridized carbons (Fsp3) is 0.500. The standard InChI is InChI=1S/C8H10FNO3/c9-5-3-10-4-6(11)7(5)8-12-1-2-13-8/h3,8,10-11H,1-2,4H2. The molecule has 0 unspecified atom stereocenters. The maximum atomic E-state index is 13.2. The molecule has 0 amide bonds. The van der Waals surface area contributed by atoms with Crippen LogP contribution in [0.15, 0.2) is 23.4 Å². The molecule has 4 nitrogen and oxygen atoms in total. The van der Waals surface area contributed by atoms with Gasteiger partial charge in [0.25, 0.3) is 0 Å². The number of hydrogen-bond donors (Lipinski definition) is 2. The number of rotatable bonds is 1. The summed E-state index contributed by atoms with van der Waals surface area (Å²) < 4.78 is 23.3. The third kappa shape index (κ3) is 1.52. The highest BCUT2D eigenvalue weighted by atomic mass is 19.1. The maximum Gasteiger partial charge on any atom is 0.190 e. The molecule has 2 N–H and O–H groups in total. The van der Waals surface area contributed by atoms with Gasteiger partial charge in [-0.1, -0.05) is 0 Å². The van der Waals surface area contributed by atoms with E-state index in [4.69, 9.17) is 9.47 Å². The van der Waals surface area contributed by atoms with Gasteiger partial charge in [-0.15, -0.1) is 0 Å². The van der Waals surface area contributed by atoms with Gasteiger partial charge in [-0.2, -0.15) is 0 Å². The fourth-order valence-electron chi connectivity index (χ4n) is 1.32. The lowest BCUT2D eigenvalue weighted by Crippen LogP contribution is -2.24. The van der Waals surface area contributed by atoms with E-state index in [0.717, 1.165) is 0 Å². The van der Waals surface area contributed by atoms with E-state index in [9.17, 15) is 9.50 Å². The van der Waals surface area contributed by atoms with Gasteiger partial charge in [0.15, 0.2) is 12.1 Å². The largest absolute Gasteiger partial charge is 0.510 e. The maximum absolute atomic E-state index is 13.2. The van der Waals surface area contributed by atoms with Crippen molar-refractivity contribution in [2.75, 3.05) is 19.8 Å². The molecule has 0 aliphatic carbocycles. The third-order valence-corrected chi connectivity index (χ3v) is 1.92. The number of hydrogen-bond acceptors (Lipinski definition) is 4. The zero-order valence-electron chi connectivity index (χ0n) is 6.92. The lowest BCUT2D eigenvalue weighted by molar-refractivity contribution is -0.0145. The Hall–Kier alpha value is -1.07. The van der Waals surface area contributed by atoms with Crippen LogP contribution in [0.1, 0.15) is 0 Å². The first kappa shape index (κ1) is 8.52. The van der Waals surface area contributed by atoms with Crippen molar-refractivity contribution in [2.24, 2.45) is 0 Å². The summed E-state index contributed by atoms with van der Waals surface area (Å²) in [4.78, 5) is 0. The number of ether oxygens (including phenoxy) is 2. The molecule has 0 atom stereocenters. The Balaban J connectivity index is 2.23. The van der Waals surface area contributed by atoms with Crippen LogP contribution >= 0.6 is 0 Å². The van der Waals surface area contributed by atoms with Gasteiger partial charge < -0.3 is 19.9 Å². The highest BCUT2D eigenvalue weighted by Crippen LogP contribution is 2.26. The Morgan fingerprint density at radius 1 is 1.46 bits per heavy atom. The van der Waals surface area contributed by atoms with Gasteiger partial charge in [-0.3, -0.25) is 0 Å². The first-order chi connectivity index (χ1) is 6.29. The van der Waals surface area contributed by atoms with Crippen molar-refractivity contribution in [2.45, 2.75) is 6.29 Å². The van der Waals surface area contributed by atoms with E-state index in [1.807, 2.05) is 0 Å². The summed E-state index contributed by atoms with van der Waals surface area (Å²) in [6, 6.07) is 0. The SMILES string of the molecule is OC1=C(C2OCCO2)C(F)=CNC1. The molecule has 0 saturated carbocycles. The van der Waals surface area contributed by atoms with Crippen molar-refractivity contribution in [3.8, 4) is 0 Å². The van der Waals surface area contributed by atoms with Gasteiger partial charge >= 0.3 is 0 Å². The molecule has 2 rings (SSSR count). The van der Waals surface area contributed by atoms with Gasteiger partial charge in [0.1, 0.15) is 5.76 Å². The van der Waals surface area contributed by atoms with Crippen LogP contribution in [0.2, 0.25) is 0 Å². The molecule has 2 aliphatic rings. The van der Waals surface area contributed by atoms with Crippen molar-refractivity contribution in [1.82, 2.24) is 5.32 Å². The number of aliphatic hydroxyl groups excluding tert-OH is 1. The Kier molecular flexibility index (Phi) is 2.20. The second-order valence-corrected chi connectivity index (χ2v) is 2.81. The molecule has 1 fully saturated rings. The van der Waals surface area contributed by atoms with E-state index < -0.39 is 12.1 Å². The Morgan fingerprint density at radius 2 is 2.15 bits per heavy atom. The number of aliphatic hydroxyl groups is 1. The number of nitrogens with one attached hydrogen (secondary N) is 1. The molecule has 0 aromatic rings. The summed E-state index contributed by atoms with van der Waals surface area (Å²) in [5.41, 5.74) is 0.108. The second kappa shape index (κ2) is 3.35. The Bertz CT molecular complexity index is 269. The molecule has 0 radical (unpaired) electrons. The van der Waals surface area contributed by atoms with Gasteiger partial charge in [0.2, 0.25) is 0 Å². The third-order valence-electron chi connectivity index (χ3n) is 1.92. The average molecular weight is 187 g/mol. The zero-order chi connectivity index (χ0) is 9.26. The first-order valence-electron chi connectivity index (χ1n) is 4.03. The summed E-state index contributed by atoms with van der Waals surface area (Å²) in [7, 11) is 0. The lowest BCUT2D eigenvalue weighted by atomic mass is 10.1. The predicted octanol–water partition coefficient (Wildman–Crippen LogP) is 0.585. The van der Waals surface area contributed by atoms with Crippen molar-refractivity contribution < 1.29 is 19.0 Å². The normalized spacial score (nSPS) is 24.5. The van der Waals surface area contributed by atoms with Crippen LogP contribution < -0.4 is 5.32 Å². The molecule has 1 saturated heterocycles. The minimum Gasteiger partial charge on any atom is -0.510 e. The average Bonchev–Trinajstić information content (AvgIpc) is 2.57. The first-order valence-corrected chi connectivity index (χ1v) is 4.03. The van der Waals surface area contributed by atoms with Gasteiger partial charge in [-0.05, 0) is 0 Å². The summed E-state index contributed by atoms with van der Waals surface area (Å²) in [6.45, 7) is 1.08. The van der Waals surface area contributed by atoms with Crippen LogP contribution in [0.5, 0.6) is 0 Å². The van der Waals surface area contributed by atoms with Crippen LogP contribution in [0, 0.1) is 0 Å². The molecule has 72 valence electrons. The summed E-state index contributed by atoms with van der Waals surface area (Å²) in [5, 5.41) is 12.0. The molecule has 0 bridgehead atoms. The van der Waals surface area contributed by atoms with E-state index in [0.29, 0.717) is 13.2 Å². The lowest BCUT2D eigenvalue weighted by Gasteiger charge is -2.18. The zero-order valence-corrected chi connectivity index (χ0v) is 6.92. The molecule has 0 aromatic carbocycles. The topological polar surface area (TPSA) is 50.7 Å². The van der Waals surface area contributed by atoms with E-state index in [1.54, 1.807) is 0 Å². The quantitative estimate of drug-likeness (QED) is 0.630. The Morgan fingerprint density at radius 3 is 2.77 bits per heavy atom. The molecule has 13 heavy (non-hydrogen) atoms. The van der Waals surface area contributed by atoms with Crippen LogP contribution in [-0.2, 0) is 9.47 Å². The minimum atomic E-state index is -0.752. The van der Waals surface area contributed by atoms with Crippen molar-refractivity contribution >= 4 is 0 Å². The summed E-state index contributed by atoms with van der Waals surface area (Å²) in [5.74, 6) is -0.595. The summed E-state index contributed by atoms with van der Waals surface area (Å²) >= 11 is 0. The van der Waals surface area contributed by atoms with E-state index in [2.05, 4.69) is 5.32 Å². The molecular weight excluding hydrogens is 177 g/mol. The van der Waals surface area contributed by atoms with Gasteiger partial charge in [-0.25, -0.2) is 4.39 Å². The van der Waals surface area contributed by atoms with Crippen LogP contribution in [0.3, 0.4) is 0 Å². The van der Waals surface area contributed by atoms with Crippen LogP contribution in [0.25, 0.3) is 0 Å². The molecule has 0 aromatic heterocycles. The predicted molar refractivity (Wildman–Crippen MR) is 42.5 cm³/mol. The van der Waals surface area contributed by atoms with Crippen LogP contribution in [-0.4, -0.2) is 31.2 Å². The van der Waals surface area contributed by atoms with E-state index >= 15 is 0 Å². The fourth-order valence-corrected chi connectivity index (χ4v) is 1.32. The monoisotopic (exact) mass is 187 g/mol. The molecule has 2 heterocycles. The second-order valence-electron chi connectivity index (χ2n) is 2.81. The Labute approximate surface area is 74.6 Å². The highest BCUT2D eigenvalue weighted by Gasteiger charge is 2.29. The highest BCUT2D eigenvalue weighted by molar-refractivity contribution is 5.33. The molecular formula is C8H10FNO3.